The molecule has 0 aliphatic heterocycles. The van der Waals surface area contributed by atoms with Gasteiger partial charge in [-0.25, -0.2) is 0 Å². The van der Waals surface area contributed by atoms with Crippen molar-refractivity contribution in [3.63, 3.8) is 0 Å². The molecule has 2 N–H and O–H groups in total. The Kier molecular flexibility index (Phi) is 6.40. The van der Waals surface area contributed by atoms with Crippen molar-refractivity contribution in [2.75, 3.05) is 18.9 Å². The second-order valence-corrected chi connectivity index (χ2v) is 6.85. The van der Waals surface area contributed by atoms with Gasteiger partial charge in [0.05, 0.1) is 6.61 Å². The van der Waals surface area contributed by atoms with Gasteiger partial charge in [-0.05, 0) is 33.2 Å². The first kappa shape index (κ1) is 14.9. The fourth-order valence-electron chi connectivity index (χ4n) is 1.35. The zero-order chi connectivity index (χ0) is 12.7. The van der Waals surface area contributed by atoms with Gasteiger partial charge in [-0.2, -0.15) is 0 Å². The molecule has 1 unspecified atom stereocenters. The molecule has 1 aromatic heterocycles. The summed E-state index contributed by atoms with van der Waals surface area (Å²) in [6.07, 6.45) is 2.01. The summed E-state index contributed by atoms with van der Waals surface area (Å²) in [7, 11) is 0. The average Bonchev–Trinajstić information content (AvgIpc) is 2.72. The lowest BCUT2D eigenvalue weighted by Gasteiger charge is -2.28. The Morgan fingerprint density at radius 1 is 1.47 bits per heavy atom. The molecule has 0 aromatic carbocycles. The van der Waals surface area contributed by atoms with Gasteiger partial charge in [0.2, 0.25) is 0 Å². The minimum Gasteiger partial charge on any atom is -0.394 e. The Bertz CT molecular complexity index is 332. The van der Waals surface area contributed by atoms with Crippen molar-refractivity contribution in [2.45, 2.75) is 43.5 Å². The average molecular weight is 275 g/mol. The molecule has 0 fully saturated rings. The molecule has 6 heteroatoms. The van der Waals surface area contributed by atoms with Gasteiger partial charge in [0.25, 0.3) is 0 Å². The third-order valence-electron chi connectivity index (χ3n) is 2.54. The van der Waals surface area contributed by atoms with Crippen LogP contribution in [-0.4, -0.2) is 39.7 Å². The van der Waals surface area contributed by atoms with Gasteiger partial charge < -0.3 is 10.4 Å². The van der Waals surface area contributed by atoms with Crippen LogP contribution in [0.4, 0.5) is 0 Å². The molecular formula is C11H21N3OS2. The topological polar surface area (TPSA) is 58.0 Å². The van der Waals surface area contributed by atoms with E-state index < -0.39 is 0 Å². The smallest absolute Gasteiger partial charge is 0.174 e. The van der Waals surface area contributed by atoms with E-state index in [9.17, 15) is 5.11 Å². The lowest BCUT2D eigenvalue weighted by atomic mass is 10.0. The minimum atomic E-state index is -0.178. The summed E-state index contributed by atoms with van der Waals surface area (Å²) in [5.74, 6) is 0.947. The van der Waals surface area contributed by atoms with E-state index in [2.05, 4.69) is 29.4 Å². The van der Waals surface area contributed by atoms with Crippen LogP contribution in [0.25, 0.3) is 0 Å². The van der Waals surface area contributed by atoms with Crippen LogP contribution in [0, 0.1) is 6.92 Å². The molecule has 17 heavy (non-hydrogen) atoms. The minimum absolute atomic E-state index is 0.169. The summed E-state index contributed by atoms with van der Waals surface area (Å²) in [4.78, 5) is 0. The monoisotopic (exact) mass is 275 g/mol. The van der Waals surface area contributed by atoms with Crippen LogP contribution in [0.5, 0.6) is 0 Å². The highest BCUT2D eigenvalue weighted by atomic mass is 32.2. The van der Waals surface area contributed by atoms with E-state index >= 15 is 0 Å². The van der Waals surface area contributed by atoms with Crippen molar-refractivity contribution in [1.29, 1.82) is 0 Å². The van der Waals surface area contributed by atoms with Crippen LogP contribution in [0.15, 0.2) is 4.34 Å². The van der Waals surface area contributed by atoms with Gasteiger partial charge in [-0.15, -0.1) is 10.2 Å². The zero-order valence-corrected chi connectivity index (χ0v) is 12.3. The van der Waals surface area contributed by atoms with Gasteiger partial charge in [0.15, 0.2) is 4.34 Å². The summed E-state index contributed by atoms with van der Waals surface area (Å²) < 4.78 is 1.01. The van der Waals surface area contributed by atoms with E-state index in [1.165, 1.54) is 0 Å². The second-order valence-electron chi connectivity index (χ2n) is 4.33. The van der Waals surface area contributed by atoms with Gasteiger partial charge in [-0.3, -0.25) is 0 Å². The number of nitrogens with one attached hydrogen (secondary N) is 1. The molecule has 0 aliphatic carbocycles. The molecule has 0 saturated carbocycles. The van der Waals surface area contributed by atoms with Crippen LogP contribution in [0.2, 0.25) is 0 Å². The number of thioether (sulfide) groups is 1. The number of hydrogen-bond donors (Lipinski definition) is 2. The lowest BCUT2D eigenvalue weighted by molar-refractivity contribution is 0.171. The summed E-state index contributed by atoms with van der Waals surface area (Å²) >= 11 is 3.33. The Balaban J connectivity index is 2.32. The van der Waals surface area contributed by atoms with Crippen molar-refractivity contribution in [2.24, 2.45) is 0 Å². The van der Waals surface area contributed by atoms with Gasteiger partial charge in [0, 0.05) is 11.3 Å². The van der Waals surface area contributed by atoms with E-state index in [4.69, 9.17) is 0 Å². The van der Waals surface area contributed by atoms with E-state index in [0.29, 0.717) is 0 Å². The molecule has 1 heterocycles. The summed E-state index contributed by atoms with van der Waals surface area (Å²) in [6, 6.07) is 0. The fourth-order valence-corrected chi connectivity index (χ4v) is 3.44. The molecule has 0 bridgehead atoms. The third-order valence-corrected chi connectivity index (χ3v) is 4.51. The van der Waals surface area contributed by atoms with E-state index in [0.717, 1.165) is 34.5 Å². The van der Waals surface area contributed by atoms with E-state index in [1.54, 1.807) is 23.1 Å². The highest BCUT2D eigenvalue weighted by molar-refractivity contribution is 8.01. The molecule has 0 saturated heterocycles. The third kappa shape index (κ3) is 5.33. The number of aliphatic hydroxyl groups excluding tert-OH is 1. The molecule has 0 amide bonds. The van der Waals surface area contributed by atoms with Gasteiger partial charge >= 0.3 is 0 Å². The Labute approximate surface area is 111 Å². The predicted molar refractivity (Wildman–Crippen MR) is 73.8 cm³/mol. The van der Waals surface area contributed by atoms with Gasteiger partial charge in [-0.1, -0.05) is 30.0 Å². The second kappa shape index (κ2) is 7.31. The maximum atomic E-state index is 9.42. The first-order valence-electron chi connectivity index (χ1n) is 5.88. The van der Waals surface area contributed by atoms with E-state index in [-0.39, 0.29) is 12.1 Å². The molecule has 1 aromatic rings. The maximum absolute atomic E-state index is 9.42. The number of aliphatic hydroxyl groups is 1. The van der Waals surface area contributed by atoms with Crippen molar-refractivity contribution in [1.82, 2.24) is 15.5 Å². The Hall–Kier alpha value is -0.170. The quantitative estimate of drug-likeness (QED) is 0.711. The van der Waals surface area contributed by atoms with Crippen LogP contribution < -0.4 is 5.32 Å². The van der Waals surface area contributed by atoms with Crippen LogP contribution in [-0.2, 0) is 0 Å². The molecule has 0 aliphatic rings. The zero-order valence-electron chi connectivity index (χ0n) is 10.7. The summed E-state index contributed by atoms with van der Waals surface area (Å²) in [6.45, 7) is 7.27. The molecule has 0 spiro atoms. The largest absolute Gasteiger partial charge is 0.394 e. The highest BCUT2D eigenvalue weighted by Gasteiger charge is 2.21. The maximum Gasteiger partial charge on any atom is 0.174 e. The van der Waals surface area contributed by atoms with Gasteiger partial charge in [0.1, 0.15) is 5.01 Å². The number of aromatic nitrogens is 2. The van der Waals surface area contributed by atoms with Crippen molar-refractivity contribution in [3.8, 4) is 0 Å². The Morgan fingerprint density at radius 2 is 2.24 bits per heavy atom. The fraction of sp³-hybridized carbons (Fsp3) is 0.818. The number of rotatable bonds is 8. The van der Waals surface area contributed by atoms with Crippen molar-refractivity contribution >= 4 is 23.1 Å². The van der Waals surface area contributed by atoms with Crippen LogP contribution in [0.3, 0.4) is 0 Å². The first-order chi connectivity index (χ1) is 8.09. The van der Waals surface area contributed by atoms with Crippen molar-refractivity contribution < 1.29 is 5.11 Å². The normalized spacial score (nSPS) is 14.8. The Morgan fingerprint density at radius 3 is 2.76 bits per heavy atom. The first-order valence-corrected chi connectivity index (χ1v) is 7.68. The molecule has 1 atom stereocenters. The SMILES string of the molecule is CCCNC(C)(CO)CCSc1nnc(C)s1. The lowest BCUT2D eigenvalue weighted by Crippen LogP contribution is -2.46. The van der Waals surface area contributed by atoms with Crippen LogP contribution >= 0.6 is 23.1 Å². The molecular weight excluding hydrogens is 254 g/mol. The standard InChI is InChI=1S/C11H21N3OS2/c1-4-6-12-11(3,8-15)5-7-16-10-14-13-9(2)17-10/h12,15H,4-8H2,1-3H3. The summed E-state index contributed by atoms with van der Waals surface area (Å²) in [5.41, 5.74) is -0.178. The molecule has 0 radical (unpaired) electrons. The summed E-state index contributed by atoms with van der Waals surface area (Å²) in [5, 5.41) is 21.9. The van der Waals surface area contributed by atoms with Crippen molar-refractivity contribution in [3.05, 3.63) is 5.01 Å². The predicted octanol–water partition coefficient (Wildman–Crippen LogP) is 2.08. The van der Waals surface area contributed by atoms with E-state index in [1.807, 2.05) is 6.92 Å². The number of hydrogen-bond acceptors (Lipinski definition) is 6. The molecule has 4 nitrogen and oxygen atoms in total. The molecule has 98 valence electrons. The number of aryl methyl sites for hydroxylation is 1. The highest BCUT2D eigenvalue weighted by Crippen LogP contribution is 2.24. The van der Waals surface area contributed by atoms with Crippen LogP contribution in [0.1, 0.15) is 31.7 Å². The number of nitrogens with zero attached hydrogens (tertiary/aromatic N) is 2. The molecule has 1 rings (SSSR count).